The molecule has 122 valence electrons. The van der Waals surface area contributed by atoms with Crippen LogP contribution in [0.1, 0.15) is 103 Å². The van der Waals surface area contributed by atoms with Crippen LogP contribution in [0.4, 0.5) is 0 Å². The van der Waals surface area contributed by atoms with Crippen LogP contribution in [0, 0.1) is 29.6 Å². The fraction of sp³-hybridized carbons (Fsp3) is 1.00. The minimum absolute atomic E-state index is 1.02. The van der Waals surface area contributed by atoms with Gasteiger partial charge in [-0.3, -0.25) is 0 Å². The van der Waals surface area contributed by atoms with Crippen LogP contribution in [0.15, 0.2) is 0 Å². The second kappa shape index (κ2) is 8.02. The normalized spacial score (nSPS) is 36.7. The summed E-state index contributed by atoms with van der Waals surface area (Å²) in [5, 5.41) is 0. The molecule has 0 aromatic rings. The third kappa shape index (κ3) is 4.73. The molecule has 0 heteroatoms. The van der Waals surface area contributed by atoms with E-state index in [9.17, 15) is 0 Å². The van der Waals surface area contributed by atoms with Crippen LogP contribution >= 0.6 is 0 Å². The van der Waals surface area contributed by atoms with Crippen LogP contribution in [0.3, 0.4) is 0 Å². The summed E-state index contributed by atoms with van der Waals surface area (Å²) in [5.41, 5.74) is 0. The highest BCUT2D eigenvalue weighted by molar-refractivity contribution is 4.82. The summed E-state index contributed by atoms with van der Waals surface area (Å²) >= 11 is 0. The number of hydrogen-bond acceptors (Lipinski definition) is 0. The Labute approximate surface area is 133 Å². The molecule has 0 aliphatic heterocycles. The average Bonchev–Trinajstić information content (AvgIpc) is 2.53. The van der Waals surface area contributed by atoms with Crippen molar-refractivity contribution in [3.63, 3.8) is 0 Å². The van der Waals surface area contributed by atoms with Gasteiger partial charge in [0, 0.05) is 0 Å². The van der Waals surface area contributed by atoms with E-state index in [-0.39, 0.29) is 0 Å². The monoisotopic (exact) mass is 290 g/mol. The topological polar surface area (TPSA) is 0 Å². The van der Waals surface area contributed by atoms with Crippen LogP contribution in [0.25, 0.3) is 0 Å². The van der Waals surface area contributed by atoms with Crippen LogP contribution in [0.2, 0.25) is 0 Å². The zero-order valence-corrected chi connectivity index (χ0v) is 14.5. The second-order valence-electron chi connectivity index (χ2n) is 8.90. The Hall–Kier alpha value is 0. The summed E-state index contributed by atoms with van der Waals surface area (Å²) in [6.07, 6.45) is 23.2. The predicted octanol–water partition coefficient (Wildman–Crippen LogP) is 6.98. The van der Waals surface area contributed by atoms with Crippen molar-refractivity contribution in [2.24, 2.45) is 29.6 Å². The molecule has 3 aliphatic carbocycles. The lowest BCUT2D eigenvalue weighted by atomic mass is 9.67. The molecule has 3 aliphatic rings. The van der Waals surface area contributed by atoms with E-state index < -0.39 is 0 Å². The van der Waals surface area contributed by atoms with Gasteiger partial charge in [-0.05, 0) is 48.9 Å². The third-order valence-corrected chi connectivity index (χ3v) is 7.22. The van der Waals surface area contributed by atoms with E-state index in [2.05, 4.69) is 6.92 Å². The molecule has 0 heterocycles. The lowest BCUT2D eigenvalue weighted by Crippen LogP contribution is -2.27. The van der Waals surface area contributed by atoms with E-state index in [1.54, 1.807) is 51.4 Å². The molecule has 0 bridgehead atoms. The molecule has 0 radical (unpaired) electrons. The molecule has 0 amide bonds. The minimum Gasteiger partial charge on any atom is -0.0622 e. The van der Waals surface area contributed by atoms with Crippen molar-refractivity contribution in [2.75, 3.05) is 0 Å². The average molecular weight is 291 g/mol. The Morgan fingerprint density at radius 1 is 0.571 bits per heavy atom. The van der Waals surface area contributed by atoms with Crippen molar-refractivity contribution in [3.05, 3.63) is 0 Å². The number of hydrogen-bond donors (Lipinski definition) is 0. The molecule has 0 aromatic carbocycles. The molecule has 3 unspecified atom stereocenters. The van der Waals surface area contributed by atoms with Crippen molar-refractivity contribution in [3.8, 4) is 0 Å². The fourth-order valence-corrected chi connectivity index (χ4v) is 5.80. The smallest absolute Gasteiger partial charge is 0.0383 e. The first kappa shape index (κ1) is 15.9. The van der Waals surface area contributed by atoms with E-state index >= 15 is 0 Å². The van der Waals surface area contributed by atoms with Gasteiger partial charge < -0.3 is 0 Å². The highest BCUT2D eigenvalue weighted by Crippen LogP contribution is 2.43. The molecule has 3 atom stereocenters. The molecule has 0 spiro atoms. The van der Waals surface area contributed by atoms with Gasteiger partial charge >= 0.3 is 0 Å². The summed E-state index contributed by atoms with van der Waals surface area (Å²) in [5.74, 6) is 5.40. The predicted molar refractivity (Wildman–Crippen MR) is 92.4 cm³/mol. The highest BCUT2D eigenvalue weighted by atomic mass is 14.4. The lowest BCUT2D eigenvalue weighted by Gasteiger charge is -2.38. The Kier molecular flexibility index (Phi) is 6.07. The Balaban J connectivity index is 1.46. The van der Waals surface area contributed by atoms with Gasteiger partial charge in [0.1, 0.15) is 0 Å². The van der Waals surface area contributed by atoms with Gasteiger partial charge in [-0.2, -0.15) is 0 Å². The van der Waals surface area contributed by atoms with Gasteiger partial charge in [0.15, 0.2) is 0 Å². The van der Waals surface area contributed by atoms with E-state index in [0.29, 0.717) is 0 Å². The van der Waals surface area contributed by atoms with E-state index in [1.807, 2.05) is 0 Å². The summed E-state index contributed by atoms with van der Waals surface area (Å²) in [4.78, 5) is 0. The SMILES string of the molecule is CC1CCC(CC2CCCCC2)CC1CC1CCCCC1. The van der Waals surface area contributed by atoms with Crippen molar-refractivity contribution < 1.29 is 0 Å². The van der Waals surface area contributed by atoms with Gasteiger partial charge in [0.25, 0.3) is 0 Å². The first-order valence-electron chi connectivity index (χ1n) is 10.3. The van der Waals surface area contributed by atoms with Gasteiger partial charge in [0.05, 0.1) is 0 Å². The van der Waals surface area contributed by atoms with Crippen molar-refractivity contribution in [1.29, 1.82) is 0 Å². The molecule has 3 saturated carbocycles. The van der Waals surface area contributed by atoms with Crippen LogP contribution in [0.5, 0.6) is 0 Å². The Bertz CT molecular complexity index is 282. The van der Waals surface area contributed by atoms with Crippen molar-refractivity contribution in [1.82, 2.24) is 0 Å². The minimum atomic E-state index is 1.02. The molecule has 21 heavy (non-hydrogen) atoms. The highest BCUT2D eigenvalue weighted by Gasteiger charge is 2.31. The first-order valence-corrected chi connectivity index (χ1v) is 10.3. The first-order chi connectivity index (χ1) is 10.3. The molecule has 3 rings (SSSR count). The largest absolute Gasteiger partial charge is 0.0622 e. The van der Waals surface area contributed by atoms with Crippen molar-refractivity contribution >= 4 is 0 Å². The van der Waals surface area contributed by atoms with E-state index in [4.69, 9.17) is 0 Å². The van der Waals surface area contributed by atoms with Crippen LogP contribution in [-0.4, -0.2) is 0 Å². The van der Waals surface area contributed by atoms with Gasteiger partial charge in [-0.15, -0.1) is 0 Å². The third-order valence-electron chi connectivity index (χ3n) is 7.22. The van der Waals surface area contributed by atoms with Crippen LogP contribution in [-0.2, 0) is 0 Å². The molecule has 0 saturated heterocycles. The summed E-state index contributed by atoms with van der Waals surface area (Å²) in [7, 11) is 0. The quantitative estimate of drug-likeness (QED) is 0.524. The molecule has 0 N–H and O–H groups in total. The summed E-state index contributed by atoms with van der Waals surface area (Å²) < 4.78 is 0. The Morgan fingerprint density at radius 2 is 1.14 bits per heavy atom. The lowest BCUT2D eigenvalue weighted by molar-refractivity contribution is 0.128. The van der Waals surface area contributed by atoms with E-state index in [1.165, 1.54) is 44.9 Å². The molecule has 0 aromatic heterocycles. The molecule has 3 fully saturated rings. The van der Waals surface area contributed by atoms with Crippen LogP contribution < -0.4 is 0 Å². The Morgan fingerprint density at radius 3 is 1.76 bits per heavy atom. The maximum Gasteiger partial charge on any atom is -0.0383 e. The molecular weight excluding hydrogens is 252 g/mol. The number of rotatable bonds is 4. The van der Waals surface area contributed by atoms with Gasteiger partial charge in [-0.25, -0.2) is 0 Å². The van der Waals surface area contributed by atoms with E-state index in [0.717, 1.165) is 29.6 Å². The zero-order chi connectivity index (χ0) is 14.5. The molecular formula is C21H38. The summed E-state index contributed by atoms with van der Waals surface area (Å²) in [6.45, 7) is 2.56. The maximum absolute atomic E-state index is 2.56. The van der Waals surface area contributed by atoms with Gasteiger partial charge in [-0.1, -0.05) is 84.0 Å². The second-order valence-corrected chi connectivity index (χ2v) is 8.90. The molecule has 0 nitrogen and oxygen atoms in total. The maximum atomic E-state index is 2.56. The fourth-order valence-electron chi connectivity index (χ4n) is 5.80. The van der Waals surface area contributed by atoms with Gasteiger partial charge in [0.2, 0.25) is 0 Å². The zero-order valence-electron chi connectivity index (χ0n) is 14.5. The standard InChI is InChI=1S/C21H38/c1-17-12-13-20(14-18-8-4-2-5-9-18)16-21(17)15-19-10-6-3-7-11-19/h17-21H,2-16H2,1H3. The van der Waals surface area contributed by atoms with Crippen molar-refractivity contribution in [2.45, 2.75) is 103 Å². The summed E-state index contributed by atoms with van der Waals surface area (Å²) in [6, 6.07) is 0.